The van der Waals surface area contributed by atoms with Crippen molar-refractivity contribution in [2.24, 2.45) is 5.92 Å². The number of ether oxygens (including phenoxy) is 1. The van der Waals surface area contributed by atoms with E-state index in [1.807, 2.05) is 0 Å². The van der Waals surface area contributed by atoms with Crippen LogP contribution in [0.4, 0.5) is 8.78 Å². The fourth-order valence-electron chi connectivity index (χ4n) is 2.98. The smallest absolute Gasteiger partial charge is 0.303 e. The predicted octanol–water partition coefficient (Wildman–Crippen LogP) is 3.05. The molecule has 2 rings (SSSR count). The lowest BCUT2D eigenvalue weighted by molar-refractivity contribution is -0.137. The monoisotopic (exact) mass is 313 g/mol. The normalized spacial score (nSPS) is 19.1. The van der Waals surface area contributed by atoms with Crippen LogP contribution >= 0.6 is 0 Å². The van der Waals surface area contributed by atoms with Crippen molar-refractivity contribution >= 4 is 5.97 Å². The molecule has 122 valence electrons. The van der Waals surface area contributed by atoms with Crippen molar-refractivity contribution in [3.8, 4) is 5.75 Å². The molecule has 1 saturated heterocycles. The summed E-state index contributed by atoms with van der Waals surface area (Å²) in [5.41, 5.74) is 0.400. The Balaban J connectivity index is 2.00. The van der Waals surface area contributed by atoms with Gasteiger partial charge in [0.1, 0.15) is 0 Å². The van der Waals surface area contributed by atoms with Crippen molar-refractivity contribution in [3.05, 3.63) is 29.3 Å². The number of methoxy groups -OCH3 is 1. The molecule has 1 aliphatic heterocycles. The number of piperidine rings is 1. The highest BCUT2D eigenvalue weighted by Gasteiger charge is 2.22. The topological polar surface area (TPSA) is 49.8 Å². The molecule has 0 aliphatic carbocycles. The molecule has 0 saturated carbocycles. The van der Waals surface area contributed by atoms with Gasteiger partial charge in [-0.2, -0.15) is 0 Å². The molecule has 0 amide bonds. The molecule has 1 fully saturated rings. The maximum atomic E-state index is 14.2. The molecule has 1 atom stereocenters. The summed E-state index contributed by atoms with van der Waals surface area (Å²) < 4.78 is 32.3. The van der Waals surface area contributed by atoms with E-state index in [9.17, 15) is 13.6 Å². The molecular weight excluding hydrogens is 292 g/mol. The van der Waals surface area contributed by atoms with Crippen LogP contribution in [0.15, 0.2) is 12.1 Å². The van der Waals surface area contributed by atoms with E-state index < -0.39 is 17.6 Å². The van der Waals surface area contributed by atoms with E-state index in [2.05, 4.69) is 4.90 Å². The molecule has 0 radical (unpaired) electrons. The van der Waals surface area contributed by atoms with E-state index in [0.717, 1.165) is 25.9 Å². The average molecular weight is 313 g/mol. The second-order valence-corrected chi connectivity index (χ2v) is 5.73. The molecule has 1 aromatic carbocycles. The van der Waals surface area contributed by atoms with Crippen LogP contribution in [-0.4, -0.2) is 36.2 Å². The van der Waals surface area contributed by atoms with Gasteiger partial charge in [-0.1, -0.05) is 6.07 Å². The summed E-state index contributed by atoms with van der Waals surface area (Å²) in [6.45, 7) is 1.96. The zero-order chi connectivity index (χ0) is 16.1. The maximum Gasteiger partial charge on any atom is 0.303 e. The minimum absolute atomic E-state index is 0.164. The van der Waals surface area contributed by atoms with Gasteiger partial charge in [0, 0.05) is 25.1 Å². The fraction of sp³-hybridized carbons (Fsp3) is 0.562. The number of likely N-dealkylation sites (tertiary alicyclic amines) is 1. The lowest BCUT2D eigenvalue weighted by Gasteiger charge is -2.32. The van der Waals surface area contributed by atoms with Gasteiger partial charge in [0.25, 0.3) is 0 Å². The lowest BCUT2D eigenvalue weighted by atomic mass is 9.93. The van der Waals surface area contributed by atoms with Gasteiger partial charge in [-0.05, 0) is 37.8 Å². The first-order valence-corrected chi connectivity index (χ1v) is 7.46. The van der Waals surface area contributed by atoms with Gasteiger partial charge < -0.3 is 9.84 Å². The van der Waals surface area contributed by atoms with Crippen molar-refractivity contribution in [1.29, 1.82) is 0 Å². The van der Waals surface area contributed by atoms with Crippen molar-refractivity contribution in [3.63, 3.8) is 0 Å². The molecule has 22 heavy (non-hydrogen) atoms. The third kappa shape index (κ3) is 4.16. The molecule has 1 N–H and O–H groups in total. The van der Waals surface area contributed by atoms with Gasteiger partial charge in [-0.15, -0.1) is 0 Å². The quantitative estimate of drug-likeness (QED) is 0.877. The van der Waals surface area contributed by atoms with Gasteiger partial charge in [0.05, 0.1) is 7.11 Å². The van der Waals surface area contributed by atoms with Gasteiger partial charge in [0.15, 0.2) is 17.4 Å². The molecule has 0 unspecified atom stereocenters. The zero-order valence-corrected chi connectivity index (χ0v) is 12.6. The van der Waals surface area contributed by atoms with Crippen molar-refractivity contribution in [2.45, 2.75) is 32.2 Å². The third-order valence-electron chi connectivity index (χ3n) is 4.10. The van der Waals surface area contributed by atoms with E-state index >= 15 is 0 Å². The van der Waals surface area contributed by atoms with Crippen LogP contribution in [0.2, 0.25) is 0 Å². The molecule has 1 aliphatic rings. The summed E-state index contributed by atoms with van der Waals surface area (Å²) in [6.07, 6.45) is 2.77. The highest BCUT2D eigenvalue weighted by Crippen LogP contribution is 2.27. The Hall–Kier alpha value is -1.69. The van der Waals surface area contributed by atoms with E-state index in [0.29, 0.717) is 24.4 Å². The third-order valence-corrected chi connectivity index (χ3v) is 4.10. The summed E-state index contributed by atoms with van der Waals surface area (Å²) in [6, 6.07) is 2.65. The number of hydrogen-bond acceptors (Lipinski definition) is 3. The number of carboxylic acid groups (broad SMARTS) is 1. The Bertz CT molecular complexity index is 536. The lowest BCUT2D eigenvalue weighted by Crippen LogP contribution is -2.35. The summed E-state index contributed by atoms with van der Waals surface area (Å²) in [7, 11) is 1.24. The highest BCUT2D eigenvalue weighted by atomic mass is 19.1. The van der Waals surface area contributed by atoms with E-state index in [1.54, 1.807) is 0 Å². The SMILES string of the molecule is COc1c(F)ccc(CN2CCC[C@@H](CCC(=O)O)C2)c1F. The first-order valence-electron chi connectivity index (χ1n) is 7.46. The van der Waals surface area contributed by atoms with E-state index in [1.165, 1.54) is 19.2 Å². The number of halogens is 2. The molecule has 0 spiro atoms. The number of benzene rings is 1. The van der Waals surface area contributed by atoms with Crippen LogP contribution in [0.25, 0.3) is 0 Å². The Kier molecular flexibility index (Phi) is 5.71. The predicted molar refractivity (Wildman–Crippen MR) is 77.8 cm³/mol. The maximum absolute atomic E-state index is 14.2. The summed E-state index contributed by atoms with van der Waals surface area (Å²) in [5.74, 6) is -2.18. The minimum Gasteiger partial charge on any atom is -0.491 e. The highest BCUT2D eigenvalue weighted by molar-refractivity contribution is 5.66. The number of nitrogens with zero attached hydrogens (tertiary/aromatic N) is 1. The first kappa shape index (κ1) is 16.7. The Labute approximate surface area is 128 Å². The van der Waals surface area contributed by atoms with Crippen LogP contribution in [-0.2, 0) is 11.3 Å². The van der Waals surface area contributed by atoms with Crippen LogP contribution in [0.3, 0.4) is 0 Å². The van der Waals surface area contributed by atoms with Gasteiger partial charge in [0.2, 0.25) is 0 Å². The van der Waals surface area contributed by atoms with Crippen molar-refractivity contribution in [2.75, 3.05) is 20.2 Å². The number of aliphatic carboxylic acids is 1. The Morgan fingerprint density at radius 2 is 2.23 bits per heavy atom. The molecule has 0 bridgehead atoms. The van der Waals surface area contributed by atoms with Gasteiger partial charge in [-0.25, -0.2) is 8.78 Å². The summed E-state index contributed by atoms with van der Waals surface area (Å²) in [5, 5.41) is 8.75. The van der Waals surface area contributed by atoms with Crippen LogP contribution in [0.1, 0.15) is 31.2 Å². The number of carbonyl (C=O) groups is 1. The van der Waals surface area contributed by atoms with Gasteiger partial charge >= 0.3 is 5.97 Å². The summed E-state index contributed by atoms with van der Waals surface area (Å²) in [4.78, 5) is 12.7. The van der Waals surface area contributed by atoms with E-state index in [4.69, 9.17) is 9.84 Å². The summed E-state index contributed by atoms with van der Waals surface area (Å²) >= 11 is 0. The van der Waals surface area contributed by atoms with Crippen LogP contribution < -0.4 is 4.74 Å². The second kappa shape index (κ2) is 7.54. The Morgan fingerprint density at radius 1 is 1.45 bits per heavy atom. The first-order chi connectivity index (χ1) is 10.5. The van der Waals surface area contributed by atoms with Crippen molar-refractivity contribution in [1.82, 2.24) is 4.90 Å². The number of hydrogen-bond donors (Lipinski definition) is 1. The second-order valence-electron chi connectivity index (χ2n) is 5.73. The molecular formula is C16H21F2NO3. The number of carboxylic acids is 1. The van der Waals surface area contributed by atoms with E-state index in [-0.39, 0.29) is 12.2 Å². The standard InChI is InChI=1S/C16H21F2NO3/c1-22-16-13(17)6-5-12(15(16)18)10-19-8-2-3-11(9-19)4-7-14(20)21/h5-6,11H,2-4,7-10H2,1H3,(H,20,21)/t11-/m0/s1. The minimum atomic E-state index is -0.786. The molecule has 1 heterocycles. The molecule has 0 aromatic heterocycles. The molecule has 4 nitrogen and oxygen atoms in total. The number of rotatable bonds is 6. The Morgan fingerprint density at radius 3 is 2.91 bits per heavy atom. The molecule has 1 aromatic rings. The van der Waals surface area contributed by atoms with Crippen LogP contribution in [0.5, 0.6) is 5.75 Å². The molecule has 6 heteroatoms. The van der Waals surface area contributed by atoms with Gasteiger partial charge in [-0.3, -0.25) is 9.69 Å². The zero-order valence-electron chi connectivity index (χ0n) is 12.6. The fourth-order valence-corrected chi connectivity index (χ4v) is 2.98. The van der Waals surface area contributed by atoms with Crippen molar-refractivity contribution < 1.29 is 23.4 Å². The average Bonchev–Trinajstić information content (AvgIpc) is 2.49. The largest absolute Gasteiger partial charge is 0.491 e. The van der Waals surface area contributed by atoms with Crippen LogP contribution in [0, 0.1) is 17.6 Å².